The second-order valence-corrected chi connectivity index (χ2v) is 9.01. The fraction of sp³-hybridized carbons (Fsp3) is 0.636. The third-order valence-electron chi connectivity index (χ3n) is 6.91. The van der Waals surface area contributed by atoms with E-state index in [1.807, 2.05) is 4.57 Å². The number of hydrogen-bond acceptors (Lipinski definition) is 3. The molecule has 2 aliphatic rings. The second kappa shape index (κ2) is 8.14. The number of aromatic nitrogens is 2. The van der Waals surface area contributed by atoms with Gasteiger partial charge in [-0.3, -0.25) is 9.47 Å². The maximum atomic E-state index is 12.7. The number of H-pyrrole nitrogens is 1. The molecule has 6 nitrogen and oxygen atoms in total. The Morgan fingerprint density at radius 3 is 2.59 bits per heavy atom. The van der Waals surface area contributed by atoms with Crippen molar-refractivity contribution in [1.29, 1.82) is 0 Å². The third-order valence-corrected chi connectivity index (χ3v) is 7.21. The maximum absolute atomic E-state index is 12.7. The van der Waals surface area contributed by atoms with E-state index in [0.717, 1.165) is 50.9 Å². The van der Waals surface area contributed by atoms with Crippen LogP contribution >= 0.6 is 11.6 Å². The number of benzene rings is 1. The molecule has 1 aliphatic heterocycles. The van der Waals surface area contributed by atoms with Crippen LogP contribution in [0.15, 0.2) is 16.9 Å². The zero-order valence-corrected chi connectivity index (χ0v) is 18.0. The summed E-state index contributed by atoms with van der Waals surface area (Å²) in [7, 11) is 0. The molecule has 2 heterocycles. The second-order valence-electron chi connectivity index (χ2n) is 8.60. The monoisotopic (exact) mass is 416 g/mol. The topological polar surface area (TPSA) is 54.6 Å². The SMILES string of the molecule is [C-]#[N+]c1cc2c(cc1Cl)[nH]c(=O)n2C1CCN(C2(C)CCC(OCC)CC2)CC1. The minimum Gasteiger partial charge on any atom is -0.379 e. The van der Waals surface area contributed by atoms with Gasteiger partial charge in [-0.05, 0) is 64.5 Å². The summed E-state index contributed by atoms with van der Waals surface area (Å²) in [6, 6.07) is 3.58. The fourth-order valence-corrected chi connectivity index (χ4v) is 5.38. The first-order valence-electron chi connectivity index (χ1n) is 10.6. The van der Waals surface area contributed by atoms with Crippen molar-refractivity contribution in [2.45, 2.75) is 70.1 Å². The molecule has 1 aromatic carbocycles. The van der Waals surface area contributed by atoms with Gasteiger partial charge in [-0.2, -0.15) is 0 Å². The van der Waals surface area contributed by atoms with E-state index in [1.54, 1.807) is 12.1 Å². The molecule has 2 aromatic rings. The lowest BCUT2D eigenvalue weighted by Gasteiger charge is -2.48. The van der Waals surface area contributed by atoms with Gasteiger partial charge in [0.15, 0.2) is 0 Å². The molecule has 29 heavy (non-hydrogen) atoms. The van der Waals surface area contributed by atoms with Crippen LogP contribution in [0.25, 0.3) is 15.9 Å². The summed E-state index contributed by atoms with van der Waals surface area (Å²) < 4.78 is 7.66. The Morgan fingerprint density at radius 1 is 1.28 bits per heavy atom. The van der Waals surface area contributed by atoms with Crippen molar-refractivity contribution in [3.8, 4) is 0 Å². The Bertz CT molecular complexity index is 973. The van der Waals surface area contributed by atoms with Gasteiger partial charge >= 0.3 is 5.69 Å². The molecule has 0 atom stereocenters. The Labute approximate surface area is 176 Å². The summed E-state index contributed by atoms with van der Waals surface area (Å²) in [4.78, 5) is 21.7. The molecular weight excluding hydrogens is 388 g/mol. The molecule has 0 bridgehead atoms. The van der Waals surface area contributed by atoms with Gasteiger partial charge in [0.2, 0.25) is 5.69 Å². The lowest BCUT2D eigenvalue weighted by atomic mass is 9.79. The Hall–Kier alpha value is -1.81. The van der Waals surface area contributed by atoms with Crippen LogP contribution in [0, 0.1) is 6.57 Å². The van der Waals surface area contributed by atoms with E-state index < -0.39 is 0 Å². The number of ether oxygens (including phenoxy) is 1. The fourth-order valence-electron chi connectivity index (χ4n) is 5.18. The number of rotatable bonds is 4. The summed E-state index contributed by atoms with van der Waals surface area (Å²) in [6.07, 6.45) is 6.89. The summed E-state index contributed by atoms with van der Waals surface area (Å²) in [6.45, 7) is 14.5. The van der Waals surface area contributed by atoms with Crippen LogP contribution in [-0.4, -0.2) is 45.8 Å². The molecule has 0 unspecified atom stereocenters. The van der Waals surface area contributed by atoms with Crippen LogP contribution in [0.4, 0.5) is 5.69 Å². The van der Waals surface area contributed by atoms with Gasteiger partial charge in [-0.25, -0.2) is 9.64 Å². The summed E-state index contributed by atoms with van der Waals surface area (Å²) >= 11 is 6.14. The van der Waals surface area contributed by atoms with Gasteiger partial charge in [-0.1, -0.05) is 11.6 Å². The summed E-state index contributed by atoms with van der Waals surface area (Å²) in [5.74, 6) is 0. The standard InChI is InChI=1S/C22H29ClN4O2/c1-4-29-16-5-9-22(2,10-6-16)26-11-7-15(8-12-26)27-20-14-18(24-3)17(23)13-19(20)25-21(27)28/h13-16H,4-12H2,1-2H3,(H,25,28). The minimum absolute atomic E-state index is 0.111. The van der Waals surface area contributed by atoms with Crippen LogP contribution in [-0.2, 0) is 4.74 Å². The Morgan fingerprint density at radius 2 is 1.97 bits per heavy atom. The minimum atomic E-state index is -0.111. The van der Waals surface area contributed by atoms with Crippen molar-refractivity contribution in [3.63, 3.8) is 0 Å². The smallest absolute Gasteiger partial charge is 0.326 e. The molecule has 4 rings (SSSR count). The van der Waals surface area contributed by atoms with Gasteiger partial charge in [-0.15, -0.1) is 0 Å². The van der Waals surface area contributed by atoms with E-state index in [1.165, 1.54) is 12.8 Å². The zero-order chi connectivity index (χ0) is 20.6. The first-order chi connectivity index (χ1) is 13.9. The van der Waals surface area contributed by atoms with Gasteiger partial charge in [0.1, 0.15) is 0 Å². The lowest BCUT2D eigenvalue weighted by molar-refractivity contribution is -0.0273. The highest BCUT2D eigenvalue weighted by Gasteiger charge is 2.38. The van der Waals surface area contributed by atoms with E-state index in [0.29, 0.717) is 22.3 Å². The van der Waals surface area contributed by atoms with E-state index >= 15 is 0 Å². The molecule has 2 fully saturated rings. The quantitative estimate of drug-likeness (QED) is 0.720. The predicted octanol–water partition coefficient (Wildman–Crippen LogP) is 4.91. The first-order valence-corrected chi connectivity index (χ1v) is 11.0. The number of halogens is 1. The van der Waals surface area contributed by atoms with Gasteiger partial charge < -0.3 is 9.72 Å². The number of piperidine rings is 1. The molecule has 0 spiro atoms. The van der Waals surface area contributed by atoms with Crippen molar-refractivity contribution in [2.75, 3.05) is 19.7 Å². The highest BCUT2D eigenvalue weighted by Crippen LogP contribution is 2.38. The highest BCUT2D eigenvalue weighted by atomic mass is 35.5. The number of fused-ring (bicyclic) bond motifs is 1. The average Bonchev–Trinajstić information content (AvgIpc) is 3.04. The van der Waals surface area contributed by atoms with Crippen LogP contribution < -0.4 is 5.69 Å². The molecule has 1 aromatic heterocycles. The van der Waals surface area contributed by atoms with E-state index in [4.69, 9.17) is 22.9 Å². The summed E-state index contributed by atoms with van der Waals surface area (Å²) in [5, 5.41) is 0.381. The number of aromatic amines is 1. The molecule has 0 amide bonds. The molecule has 1 saturated heterocycles. The largest absolute Gasteiger partial charge is 0.379 e. The number of likely N-dealkylation sites (tertiary alicyclic amines) is 1. The Balaban J connectivity index is 1.49. The van der Waals surface area contributed by atoms with Crippen molar-refractivity contribution in [1.82, 2.24) is 14.5 Å². The van der Waals surface area contributed by atoms with Crippen LogP contribution in [0.1, 0.15) is 58.4 Å². The molecule has 1 N–H and O–H groups in total. The number of nitrogens with one attached hydrogen (secondary N) is 1. The van der Waals surface area contributed by atoms with Crippen molar-refractivity contribution >= 4 is 28.3 Å². The molecule has 156 valence electrons. The van der Waals surface area contributed by atoms with Crippen molar-refractivity contribution < 1.29 is 4.74 Å². The lowest BCUT2D eigenvalue weighted by Crippen LogP contribution is -2.53. The summed E-state index contributed by atoms with van der Waals surface area (Å²) in [5.41, 5.74) is 2.00. The number of imidazole rings is 1. The maximum Gasteiger partial charge on any atom is 0.326 e. The average molecular weight is 417 g/mol. The zero-order valence-electron chi connectivity index (χ0n) is 17.2. The first kappa shape index (κ1) is 20.5. The van der Waals surface area contributed by atoms with Crippen molar-refractivity contribution in [2.24, 2.45) is 0 Å². The number of hydrogen-bond donors (Lipinski definition) is 1. The van der Waals surface area contributed by atoms with Crippen LogP contribution in [0.2, 0.25) is 5.02 Å². The van der Waals surface area contributed by atoms with Crippen LogP contribution in [0.5, 0.6) is 0 Å². The molecule has 1 aliphatic carbocycles. The Kier molecular flexibility index (Phi) is 5.74. The normalized spacial score (nSPS) is 26.6. The van der Waals surface area contributed by atoms with Crippen LogP contribution in [0.3, 0.4) is 0 Å². The van der Waals surface area contributed by atoms with Crippen molar-refractivity contribution in [3.05, 3.63) is 39.1 Å². The van der Waals surface area contributed by atoms with E-state index in [9.17, 15) is 4.79 Å². The molecular formula is C22H29ClN4O2. The molecule has 0 radical (unpaired) electrons. The highest BCUT2D eigenvalue weighted by molar-refractivity contribution is 6.34. The predicted molar refractivity (Wildman–Crippen MR) is 116 cm³/mol. The van der Waals surface area contributed by atoms with Gasteiger partial charge in [0, 0.05) is 36.3 Å². The van der Waals surface area contributed by atoms with Gasteiger partial charge in [0.25, 0.3) is 0 Å². The van der Waals surface area contributed by atoms with E-state index in [-0.39, 0.29) is 17.3 Å². The molecule has 1 saturated carbocycles. The van der Waals surface area contributed by atoms with Gasteiger partial charge in [0.05, 0.1) is 23.7 Å². The number of nitrogens with zero attached hydrogens (tertiary/aromatic N) is 3. The molecule has 7 heteroatoms. The van der Waals surface area contributed by atoms with E-state index in [2.05, 4.69) is 28.6 Å². The third kappa shape index (κ3) is 3.84.